The van der Waals surface area contributed by atoms with Gasteiger partial charge in [-0.1, -0.05) is 38.1 Å². The molecule has 0 radical (unpaired) electrons. The van der Waals surface area contributed by atoms with E-state index in [0.29, 0.717) is 43.7 Å². The number of aromatic nitrogens is 2. The first-order chi connectivity index (χ1) is 33.5. The zero-order valence-electron chi connectivity index (χ0n) is 40.1. The van der Waals surface area contributed by atoms with Crippen LogP contribution in [0.5, 0.6) is 23.1 Å². The van der Waals surface area contributed by atoms with Crippen molar-refractivity contribution < 1.29 is 41.8 Å². The van der Waals surface area contributed by atoms with Crippen molar-refractivity contribution >= 4 is 44.0 Å². The third-order valence-corrected chi connectivity index (χ3v) is 17.0. The van der Waals surface area contributed by atoms with E-state index in [1.165, 1.54) is 36.1 Å². The average molecular weight is 980 g/mol. The summed E-state index contributed by atoms with van der Waals surface area (Å²) < 4.78 is 63.4. The van der Waals surface area contributed by atoms with Crippen LogP contribution in [0.4, 0.5) is 21.5 Å². The van der Waals surface area contributed by atoms with Gasteiger partial charge in [0.05, 0.1) is 39.0 Å². The molecule has 1 spiro atoms. The Morgan fingerprint density at radius 2 is 1.80 bits per heavy atom. The smallest absolute Gasteiger partial charge is 0.297 e. The van der Waals surface area contributed by atoms with Crippen LogP contribution in [-0.4, -0.2) is 89.8 Å². The summed E-state index contributed by atoms with van der Waals surface area (Å²) in [6, 6.07) is 18.0. The molecule has 2 aliphatic carbocycles. The number of pyridine rings is 1. The Morgan fingerprint density at radius 1 is 1.04 bits per heavy atom. The van der Waals surface area contributed by atoms with Gasteiger partial charge in [0.1, 0.15) is 23.8 Å². The van der Waals surface area contributed by atoms with Gasteiger partial charge < -0.3 is 34.5 Å². The second-order valence-electron chi connectivity index (χ2n) is 20.7. The van der Waals surface area contributed by atoms with Gasteiger partial charge in [-0.3, -0.25) is 19.8 Å². The number of hydrogen-bond donors (Lipinski definition) is 4. The van der Waals surface area contributed by atoms with E-state index < -0.39 is 42.9 Å². The van der Waals surface area contributed by atoms with E-state index in [-0.39, 0.29) is 76.0 Å². The number of nitrogens with zero attached hydrogens (tertiary/aromatic N) is 4. The molecule has 2 saturated carbocycles. The Morgan fingerprint density at radius 3 is 2.53 bits per heavy atom. The predicted molar refractivity (Wildman–Crippen MR) is 263 cm³/mol. The van der Waals surface area contributed by atoms with Crippen molar-refractivity contribution in [3.8, 4) is 23.1 Å². The number of amides is 1. The summed E-state index contributed by atoms with van der Waals surface area (Å²) in [5.74, 6) is -1.13. The third-order valence-electron chi connectivity index (χ3n) is 15.7. The van der Waals surface area contributed by atoms with Crippen LogP contribution in [-0.2, 0) is 10.0 Å². The number of aromatic amines is 1. The van der Waals surface area contributed by atoms with E-state index in [0.717, 1.165) is 69.3 Å². The van der Waals surface area contributed by atoms with Gasteiger partial charge in [-0.05, 0) is 125 Å². The van der Waals surface area contributed by atoms with Crippen molar-refractivity contribution in [2.24, 2.45) is 11.3 Å². The minimum atomic E-state index is -4.75. The SMILES string of the molecule is CCOc1nc2[nH]cc(F)c2cc1Oc1cc(N2CCC3(CC2)CC(N2CCC[C@@H]2c2ccccc2C(C)C)C3)ccc1C(=O)NS(=O)(=O)c1cc2c(c([N+](=O)[O-])c1)N[C@@H](C1CCC(C)(O)CC1)CO2. The third kappa shape index (κ3) is 9.25. The van der Waals surface area contributed by atoms with E-state index in [2.05, 4.69) is 67.9 Å². The van der Waals surface area contributed by atoms with Crippen molar-refractivity contribution in [1.29, 1.82) is 0 Å². The highest BCUT2D eigenvalue weighted by Crippen LogP contribution is 2.54. The molecule has 1 amide bonds. The monoisotopic (exact) mass is 979 g/mol. The Hall–Kier alpha value is -5.98. The molecule has 0 bridgehead atoms. The lowest BCUT2D eigenvalue weighted by Crippen LogP contribution is -2.54. The van der Waals surface area contributed by atoms with Gasteiger partial charge in [0.25, 0.3) is 27.5 Å². The van der Waals surface area contributed by atoms with Crippen LogP contribution >= 0.6 is 0 Å². The fourth-order valence-electron chi connectivity index (χ4n) is 11.8. The lowest BCUT2D eigenvalue weighted by Gasteiger charge is -2.56. The first-order valence-electron chi connectivity index (χ1n) is 24.7. The number of nitro benzene ring substituents is 1. The van der Waals surface area contributed by atoms with Crippen LogP contribution in [0.25, 0.3) is 11.0 Å². The summed E-state index contributed by atoms with van der Waals surface area (Å²) >= 11 is 0. The molecule has 3 aliphatic heterocycles. The maximum atomic E-state index is 14.9. The van der Waals surface area contributed by atoms with Crippen LogP contribution in [0.3, 0.4) is 0 Å². The lowest BCUT2D eigenvalue weighted by molar-refractivity contribution is -0.384. The maximum absolute atomic E-state index is 14.9. The number of halogens is 1. The van der Waals surface area contributed by atoms with Gasteiger partial charge in [-0.15, -0.1) is 0 Å². The lowest BCUT2D eigenvalue weighted by atomic mass is 9.59. The van der Waals surface area contributed by atoms with E-state index in [1.54, 1.807) is 26.0 Å². The van der Waals surface area contributed by atoms with Crippen LogP contribution in [0.15, 0.2) is 71.8 Å². The van der Waals surface area contributed by atoms with E-state index in [9.17, 15) is 32.8 Å². The molecule has 10 rings (SSSR count). The summed E-state index contributed by atoms with van der Waals surface area (Å²) in [7, 11) is -4.75. The number of piperidine rings is 1. The zero-order valence-corrected chi connectivity index (χ0v) is 40.9. The van der Waals surface area contributed by atoms with Crippen LogP contribution in [0.2, 0.25) is 0 Å². The largest absolute Gasteiger partial charge is 0.489 e. The number of H-pyrrole nitrogens is 1. The van der Waals surface area contributed by atoms with Gasteiger partial charge in [-0.2, -0.15) is 4.98 Å². The fourth-order valence-corrected chi connectivity index (χ4v) is 12.8. The number of nitro groups is 1. The summed E-state index contributed by atoms with van der Waals surface area (Å²) in [6.45, 7) is 11.1. The molecule has 16 nitrogen and oxygen atoms in total. The Kier molecular flexibility index (Phi) is 12.7. The minimum Gasteiger partial charge on any atom is -0.489 e. The molecule has 5 heterocycles. The molecule has 3 aromatic carbocycles. The number of carbonyl (C=O) groups is 1. The number of ether oxygens (including phenoxy) is 3. The zero-order chi connectivity index (χ0) is 49.1. The molecular formula is C52H62FN7O9S. The average Bonchev–Trinajstić information content (AvgIpc) is 3.96. The number of carbonyl (C=O) groups excluding carboxylic acids is 1. The van der Waals surface area contributed by atoms with Crippen molar-refractivity contribution in [1.82, 2.24) is 19.6 Å². The van der Waals surface area contributed by atoms with E-state index in [1.807, 2.05) is 0 Å². The number of rotatable bonds is 13. The van der Waals surface area contributed by atoms with Gasteiger partial charge in [0.15, 0.2) is 17.2 Å². The number of sulfonamides is 1. The first kappa shape index (κ1) is 47.7. The van der Waals surface area contributed by atoms with Gasteiger partial charge in [0.2, 0.25) is 0 Å². The Balaban J connectivity index is 0.890. The summed E-state index contributed by atoms with van der Waals surface area (Å²) in [6.07, 6.45) is 10.4. The second-order valence-corrected chi connectivity index (χ2v) is 22.4. The quantitative estimate of drug-likeness (QED) is 0.0642. The predicted octanol–water partition coefficient (Wildman–Crippen LogP) is 9.74. The Bertz CT molecular complexity index is 2920. The van der Waals surface area contributed by atoms with Crippen LogP contribution in [0.1, 0.15) is 125 Å². The number of aliphatic hydroxyl groups is 1. The summed E-state index contributed by atoms with van der Waals surface area (Å²) in [5.41, 5.74) is 2.71. The summed E-state index contributed by atoms with van der Waals surface area (Å²) in [4.78, 5) is 37.7. The number of likely N-dealkylation sites (tertiary alicyclic amines) is 1. The molecule has 5 aromatic rings. The number of fused-ring (bicyclic) bond motifs is 2. The van der Waals surface area contributed by atoms with Crippen LogP contribution < -0.4 is 29.1 Å². The molecule has 0 unspecified atom stereocenters. The number of anilines is 2. The minimum absolute atomic E-state index is 0.00289. The molecule has 2 aromatic heterocycles. The highest BCUT2D eigenvalue weighted by Gasteiger charge is 2.50. The number of hydrogen-bond acceptors (Lipinski definition) is 13. The van der Waals surface area contributed by atoms with Gasteiger partial charge in [-0.25, -0.2) is 17.5 Å². The topological polar surface area (TPSA) is 201 Å². The molecule has 4 fully saturated rings. The maximum Gasteiger partial charge on any atom is 0.297 e. The molecule has 5 aliphatic rings. The van der Waals surface area contributed by atoms with E-state index >= 15 is 0 Å². The molecule has 70 heavy (non-hydrogen) atoms. The molecule has 372 valence electrons. The van der Waals surface area contributed by atoms with Crippen molar-refractivity contribution in [2.75, 3.05) is 43.1 Å². The summed E-state index contributed by atoms with van der Waals surface area (Å²) in [5, 5.41) is 26.3. The standard InChI is InChI=1S/C52H62FN7O9S/c1-5-67-50-46(26-39-40(53)29-54-48(39)56-50)69-44-23-33(58-21-18-52(19-22-58)27-34(28-52)59-20-8-11-42(59)37-10-7-6-9-36(37)31(2)3)12-13-38(44)49(61)57-70(65,66)35-24-43(60(63)64)47-45(25-35)68-30-41(55-47)32-14-16-51(4,62)17-15-32/h6-7,9-10,12-13,23-26,29,31-32,34,41-42,55,62H,5,8,11,14-22,27-28,30H2,1-4H3,(H,54,56)(H,57,61)/t32?,41-,42-,51?/m1/s1. The highest BCUT2D eigenvalue weighted by atomic mass is 32.2. The molecule has 2 saturated heterocycles. The van der Waals surface area contributed by atoms with Crippen molar-refractivity contribution in [3.63, 3.8) is 0 Å². The second kappa shape index (κ2) is 18.6. The molecular weight excluding hydrogens is 918 g/mol. The Labute approximate surface area is 407 Å². The normalized spacial score (nSPS) is 23.6. The van der Waals surface area contributed by atoms with Crippen LogP contribution in [0, 0.1) is 27.3 Å². The van der Waals surface area contributed by atoms with Gasteiger partial charge in [0, 0.05) is 61.3 Å². The van der Waals surface area contributed by atoms with Crippen molar-refractivity contribution in [3.05, 3.63) is 99.5 Å². The van der Waals surface area contributed by atoms with Crippen molar-refractivity contribution in [2.45, 2.75) is 126 Å². The number of nitrogens with one attached hydrogen (secondary N) is 3. The molecule has 4 N–H and O–H groups in total. The van der Waals surface area contributed by atoms with E-state index in [4.69, 9.17) is 14.2 Å². The molecule has 18 heteroatoms. The molecule has 2 atom stereocenters. The highest BCUT2D eigenvalue weighted by molar-refractivity contribution is 7.90. The van der Waals surface area contributed by atoms with Gasteiger partial charge >= 0.3 is 0 Å². The number of benzene rings is 3. The first-order valence-corrected chi connectivity index (χ1v) is 26.2. The fraction of sp³-hybridized carbons (Fsp3) is 0.500.